The van der Waals surface area contributed by atoms with Gasteiger partial charge in [0.2, 0.25) is 5.91 Å². The van der Waals surface area contributed by atoms with Crippen molar-refractivity contribution in [2.24, 2.45) is 5.73 Å². The maximum Gasteiger partial charge on any atom is 0.251 e. The predicted molar refractivity (Wildman–Crippen MR) is 101 cm³/mol. The number of anilines is 1. The first-order valence-corrected chi connectivity index (χ1v) is 7.79. The summed E-state index contributed by atoms with van der Waals surface area (Å²) in [7, 11) is 0. The number of likely N-dealkylation sites (tertiary alicyclic amines) is 1. The third-order valence-electron chi connectivity index (χ3n) is 3.71. The first-order valence-electron chi connectivity index (χ1n) is 7.79. The summed E-state index contributed by atoms with van der Waals surface area (Å²) >= 11 is 0. The van der Waals surface area contributed by atoms with Gasteiger partial charge in [-0.05, 0) is 50.2 Å². The fourth-order valence-electron chi connectivity index (χ4n) is 2.50. The van der Waals surface area contributed by atoms with Crippen LogP contribution in [0.4, 0.5) is 5.69 Å². The largest absolute Gasteiger partial charge is 0.351 e. The van der Waals surface area contributed by atoms with Crippen LogP contribution in [0.1, 0.15) is 29.6 Å². The quantitative estimate of drug-likeness (QED) is 0.674. The lowest BCUT2D eigenvalue weighted by molar-refractivity contribution is -0.116. The molecular formula is C16H26Cl2N4O2. The van der Waals surface area contributed by atoms with E-state index in [-0.39, 0.29) is 36.6 Å². The molecule has 24 heavy (non-hydrogen) atoms. The molecule has 1 fully saturated rings. The molecule has 0 saturated carbocycles. The maximum atomic E-state index is 12.0. The van der Waals surface area contributed by atoms with Gasteiger partial charge in [-0.1, -0.05) is 0 Å². The lowest BCUT2D eigenvalue weighted by Gasteiger charge is -2.14. The lowest BCUT2D eigenvalue weighted by atomic mass is 10.2. The molecule has 8 heteroatoms. The first kappa shape index (κ1) is 22.7. The molecule has 136 valence electrons. The van der Waals surface area contributed by atoms with Crippen LogP contribution >= 0.6 is 24.8 Å². The average Bonchev–Trinajstić information content (AvgIpc) is 3.01. The van der Waals surface area contributed by atoms with E-state index in [1.807, 2.05) is 0 Å². The third-order valence-corrected chi connectivity index (χ3v) is 3.71. The van der Waals surface area contributed by atoms with Crippen LogP contribution in [0.15, 0.2) is 24.3 Å². The van der Waals surface area contributed by atoms with Gasteiger partial charge < -0.3 is 21.3 Å². The Morgan fingerprint density at radius 2 is 1.71 bits per heavy atom. The second-order valence-corrected chi connectivity index (χ2v) is 5.47. The maximum absolute atomic E-state index is 12.0. The molecule has 0 radical (unpaired) electrons. The van der Waals surface area contributed by atoms with Crippen LogP contribution in [0.25, 0.3) is 0 Å². The van der Waals surface area contributed by atoms with Crippen LogP contribution in [-0.4, -0.2) is 49.4 Å². The number of amides is 2. The fraction of sp³-hybridized carbons (Fsp3) is 0.500. The zero-order valence-corrected chi connectivity index (χ0v) is 15.3. The summed E-state index contributed by atoms with van der Waals surface area (Å²) in [6.07, 6.45) is 2.80. The van der Waals surface area contributed by atoms with Gasteiger partial charge in [-0.2, -0.15) is 0 Å². The van der Waals surface area contributed by atoms with Gasteiger partial charge in [-0.25, -0.2) is 0 Å². The van der Waals surface area contributed by atoms with Gasteiger partial charge in [0.25, 0.3) is 5.91 Å². The topological polar surface area (TPSA) is 87.5 Å². The van der Waals surface area contributed by atoms with E-state index in [2.05, 4.69) is 15.5 Å². The summed E-state index contributed by atoms with van der Waals surface area (Å²) in [5.74, 6) is -0.204. The average molecular weight is 377 g/mol. The van der Waals surface area contributed by atoms with Crippen molar-refractivity contribution in [1.82, 2.24) is 10.2 Å². The molecule has 2 amide bonds. The Bertz CT molecular complexity index is 505. The van der Waals surface area contributed by atoms with E-state index >= 15 is 0 Å². The van der Waals surface area contributed by atoms with E-state index in [9.17, 15) is 9.59 Å². The van der Waals surface area contributed by atoms with E-state index in [1.165, 1.54) is 12.8 Å². The normalized spacial score (nSPS) is 13.5. The number of nitrogens with one attached hydrogen (secondary N) is 2. The van der Waals surface area contributed by atoms with Crippen molar-refractivity contribution in [3.8, 4) is 0 Å². The summed E-state index contributed by atoms with van der Waals surface area (Å²) in [6, 6.07) is 6.88. The molecule has 1 heterocycles. The Kier molecular flexibility index (Phi) is 11.4. The summed E-state index contributed by atoms with van der Waals surface area (Å²) in [6.45, 7) is 4.15. The monoisotopic (exact) mass is 376 g/mol. The molecule has 0 atom stereocenters. The number of hydrogen-bond acceptors (Lipinski definition) is 4. The minimum Gasteiger partial charge on any atom is -0.351 e. The fourth-order valence-corrected chi connectivity index (χ4v) is 2.50. The van der Waals surface area contributed by atoms with Gasteiger partial charge in [-0.3, -0.25) is 9.59 Å². The SMILES string of the molecule is Cl.Cl.NCCC(=O)Nc1ccc(C(=O)NCCN2CCCC2)cc1. The number of hydrogen-bond donors (Lipinski definition) is 3. The number of nitrogens with zero attached hydrogens (tertiary/aromatic N) is 1. The number of benzene rings is 1. The molecule has 0 aliphatic carbocycles. The van der Waals surface area contributed by atoms with E-state index in [4.69, 9.17) is 5.73 Å². The van der Waals surface area contributed by atoms with E-state index in [1.54, 1.807) is 24.3 Å². The minimum atomic E-state index is -0.120. The Balaban J connectivity index is 0.00000264. The van der Waals surface area contributed by atoms with Crippen LogP contribution in [0.2, 0.25) is 0 Å². The van der Waals surface area contributed by atoms with Crippen LogP contribution in [0.3, 0.4) is 0 Å². The molecule has 1 saturated heterocycles. The molecule has 0 aromatic heterocycles. The molecule has 0 spiro atoms. The smallest absolute Gasteiger partial charge is 0.251 e. The molecule has 1 aromatic rings. The van der Waals surface area contributed by atoms with E-state index in [0.717, 1.165) is 19.6 Å². The molecule has 0 unspecified atom stereocenters. The van der Waals surface area contributed by atoms with Crippen molar-refractivity contribution in [2.45, 2.75) is 19.3 Å². The highest BCUT2D eigenvalue weighted by Gasteiger charge is 2.11. The standard InChI is InChI=1S/C16H24N4O2.2ClH/c17-8-7-15(21)19-14-5-3-13(4-6-14)16(22)18-9-12-20-10-1-2-11-20;;/h3-6H,1-2,7-12,17H2,(H,18,22)(H,19,21);2*1H. The van der Waals surface area contributed by atoms with Crippen molar-refractivity contribution >= 4 is 42.3 Å². The molecular weight excluding hydrogens is 351 g/mol. The van der Waals surface area contributed by atoms with Gasteiger partial charge in [-0.15, -0.1) is 24.8 Å². The number of nitrogens with two attached hydrogens (primary N) is 1. The van der Waals surface area contributed by atoms with Crippen molar-refractivity contribution in [1.29, 1.82) is 0 Å². The molecule has 2 rings (SSSR count). The van der Waals surface area contributed by atoms with Crippen molar-refractivity contribution in [3.63, 3.8) is 0 Å². The number of rotatable bonds is 7. The van der Waals surface area contributed by atoms with Crippen LogP contribution in [-0.2, 0) is 4.79 Å². The van der Waals surface area contributed by atoms with E-state index in [0.29, 0.717) is 30.8 Å². The summed E-state index contributed by atoms with van der Waals surface area (Å²) in [5.41, 5.74) is 6.59. The summed E-state index contributed by atoms with van der Waals surface area (Å²) in [4.78, 5) is 25.8. The molecule has 4 N–H and O–H groups in total. The second-order valence-electron chi connectivity index (χ2n) is 5.47. The highest BCUT2D eigenvalue weighted by molar-refractivity contribution is 5.95. The van der Waals surface area contributed by atoms with Crippen LogP contribution < -0.4 is 16.4 Å². The van der Waals surface area contributed by atoms with Crippen molar-refractivity contribution in [3.05, 3.63) is 29.8 Å². The zero-order chi connectivity index (χ0) is 15.8. The summed E-state index contributed by atoms with van der Waals surface area (Å²) < 4.78 is 0. The molecule has 0 bridgehead atoms. The Labute approximate surface area is 155 Å². The highest BCUT2D eigenvalue weighted by Crippen LogP contribution is 2.10. The lowest BCUT2D eigenvalue weighted by Crippen LogP contribution is -2.33. The number of halogens is 2. The van der Waals surface area contributed by atoms with Gasteiger partial charge in [0, 0.05) is 37.3 Å². The van der Waals surface area contributed by atoms with Crippen LogP contribution in [0, 0.1) is 0 Å². The molecule has 1 aliphatic heterocycles. The van der Waals surface area contributed by atoms with Crippen LogP contribution in [0.5, 0.6) is 0 Å². The predicted octanol–water partition coefficient (Wildman–Crippen LogP) is 1.64. The second kappa shape index (κ2) is 12.1. The van der Waals surface area contributed by atoms with Gasteiger partial charge >= 0.3 is 0 Å². The Morgan fingerprint density at radius 1 is 1.08 bits per heavy atom. The zero-order valence-electron chi connectivity index (χ0n) is 13.6. The Hall–Kier alpha value is -1.34. The number of carbonyl (C=O) groups is 2. The minimum absolute atomic E-state index is 0. The number of carbonyl (C=O) groups excluding carboxylic acids is 2. The third kappa shape index (κ3) is 7.49. The first-order chi connectivity index (χ1) is 10.7. The Morgan fingerprint density at radius 3 is 2.29 bits per heavy atom. The highest BCUT2D eigenvalue weighted by atomic mass is 35.5. The van der Waals surface area contributed by atoms with Gasteiger partial charge in [0.15, 0.2) is 0 Å². The molecule has 1 aliphatic rings. The van der Waals surface area contributed by atoms with Gasteiger partial charge in [0.05, 0.1) is 0 Å². The van der Waals surface area contributed by atoms with E-state index < -0.39 is 0 Å². The van der Waals surface area contributed by atoms with Crippen molar-refractivity contribution in [2.75, 3.05) is 38.0 Å². The van der Waals surface area contributed by atoms with Crippen molar-refractivity contribution < 1.29 is 9.59 Å². The summed E-state index contributed by atoms with van der Waals surface area (Å²) in [5, 5.41) is 5.65. The van der Waals surface area contributed by atoms with Gasteiger partial charge in [0.1, 0.15) is 0 Å². The molecule has 1 aromatic carbocycles. The molecule has 6 nitrogen and oxygen atoms in total.